The van der Waals surface area contributed by atoms with Crippen LogP contribution in [0.15, 0.2) is 39.0 Å². The number of halogens is 1. The van der Waals surface area contributed by atoms with E-state index in [0.29, 0.717) is 31.2 Å². The first kappa shape index (κ1) is 17.5. The van der Waals surface area contributed by atoms with Gasteiger partial charge in [0.1, 0.15) is 0 Å². The van der Waals surface area contributed by atoms with Crippen molar-refractivity contribution in [1.82, 2.24) is 4.31 Å². The fourth-order valence-electron chi connectivity index (χ4n) is 3.32. The summed E-state index contributed by atoms with van der Waals surface area (Å²) in [4.78, 5) is 4.00. The number of nitrogens with zero attached hydrogens (tertiary/aromatic N) is 2. The summed E-state index contributed by atoms with van der Waals surface area (Å²) in [6, 6.07) is 7.61. The monoisotopic (exact) mass is 442 g/mol. The maximum atomic E-state index is 12.8. The van der Waals surface area contributed by atoms with E-state index < -0.39 is 10.0 Å². The lowest BCUT2D eigenvalue weighted by Gasteiger charge is -2.26. The molecule has 3 heterocycles. The van der Waals surface area contributed by atoms with E-state index in [4.69, 9.17) is 4.74 Å². The summed E-state index contributed by atoms with van der Waals surface area (Å²) in [5.41, 5.74) is 2.25. The molecule has 2 aromatic rings. The van der Waals surface area contributed by atoms with E-state index in [1.54, 1.807) is 17.4 Å². The number of ether oxygens (including phenoxy) is 1. The van der Waals surface area contributed by atoms with Gasteiger partial charge in [0.25, 0.3) is 0 Å². The van der Waals surface area contributed by atoms with E-state index in [0.717, 1.165) is 35.2 Å². The highest BCUT2D eigenvalue weighted by molar-refractivity contribution is 9.10. The van der Waals surface area contributed by atoms with Crippen LogP contribution in [0.1, 0.15) is 10.4 Å². The van der Waals surface area contributed by atoms with Crippen LogP contribution in [0, 0.1) is 0 Å². The molecule has 0 unspecified atom stereocenters. The Morgan fingerprint density at radius 1 is 1.16 bits per heavy atom. The van der Waals surface area contributed by atoms with Crippen molar-refractivity contribution in [2.24, 2.45) is 0 Å². The average Bonchev–Trinajstić information content (AvgIpc) is 3.22. The fraction of sp³-hybridized carbons (Fsp3) is 0.412. The molecule has 5 nitrogen and oxygen atoms in total. The van der Waals surface area contributed by atoms with Gasteiger partial charge < -0.3 is 9.64 Å². The van der Waals surface area contributed by atoms with Crippen LogP contribution in [-0.2, 0) is 27.7 Å². The maximum Gasteiger partial charge on any atom is 0.243 e. The number of hydrogen-bond acceptors (Lipinski definition) is 5. The SMILES string of the molecule is O=S(=O)(c1ccc2c(c1)CCN2Cc1sccc1Br)N1CCOCC1. The highest BCUT2D eigenvalue weighted by Crippen LogP contribution is 2.34. The van der Waals surface area contributed by atoms with E-state index >= 15 is 0 Å². The lowest BCUT2D eigenvalue weighted by molar-refractivity contribution is 0.0730. The first-order chi connectivity index (χ1) is 12.1. The first-order valence-corrected chi connectivity index (χ1v) is 11.3. The van der Waals surface area contributed by atoms with Crippen LogP contribution in [-0.4, -0.2) is 45.6 Å². The molecule has 0 saturated carbocycles. The van der Waals surface area contributed by atoms with Gasteiger partial charge in [0.05, 0.1) is 24.7 Å². The smallest absolute Gasteiger partial charge is 0.243 e. The average molecular weight is 443 g/mol. The first-order valence-electron chi connectivity index (χ1n) is 8.23. The third-order valence-electron chi connectivity index (χ3n) is 4.68. The van der Waals surface area contributed by atoms with Gasteiger partial charge in [-0.1, -0.05) is 0 Å². The molecule has 0 aliphatic carbocycles. The molecule has 0 bridgehead atoms. The molecule has 0 atom stereocenters. The molecule has 0 spiro atoms. The van der Waals surface area contributed by atoms with Gasteiger partial charge in [-0.05, 0) is 57.6 Å². The lowest BCUT2D eigenvalue weighted by atomic mass is 10.2. The van der Waals surface area contributed by atoms with Crippen molar-refractivity contribution in [3.63, 3.8) is 0 Å². The van der Waals surface area contributed by atoms with Gasteiger partial charge in [0, 0.05) is 34.7 Å². The van der Waals surface area contributed by atoms with E-state index in [2.05, 4.69) is 32.3 Å². The lowest BCUT2D eigenvalue weighted by Crippen LogP contribution is -2.40. The molecule has 2 aliphatic heterocycles. The van der Waals surface area contributed by atoms with E-state index in [9.17, 15) is 8.42 Å². The molecule has 1 aromatic carbocycles. The third kappa shape index (κ3) is 3.38. The van der Waals surface area contributed by atoms with Crippen LogP contribution in [0.4, 0.5) is 5.69 Å². The molecule has 1 saturated heterocycles. The second kappa shape index (κ2) is 7.00. The van der Waals surface area contributed by atoms with Crippen LogP contribution in [0.25, 0.3) is 0 Å². The minimum Gasteiger partial charge on any atom is -0.379 e. The minimum absolute atomic E-state index is 0.396. The summed E-state index contributed by atoms with van der Waals surface area (Å²) in [6.07, 6.45) is 0.880. The Balaban J connectivity index is 1.58. The van der Waals surface area contributed by atoms with Crippen LogP contribution in [0.3, 0.4) is 0 Å². The van der Waals surface area contributed by atoms with Gasteiger partial charge in [-0.15, -0.1) is 11.3 Å². The van der Waals surface area contributed by atoms with Gasteiger partial charge in [-0.3, -0.25) is 0 Å². The minimum atomic E-state index is -3.43. The molecule has 8 heteroatoms. The zero-order valence-corrected chi connectivity index (χ0v) is 16.9. The number of sulfonamides is 1. The molecule has 25 heavy (non-hydrogen) atoms. The van der Waals surface area contributed by atoms with Crippen LogP contribution < -0.4 is 4.90 Å². The standard InChI is InChI=1S/C17H19BrN2O3S2/c18-15-4-10-24-17(15)12-19-5-3-13-11-14(1-2-16(13)19)25(21,22)20-6-8-23-9-7-20/h1-2,4,10-11H,3,5-9,12H2. The maximum absolute atomic E-state index is 12.8. The zero-order valence-electron chi connectivity index (χ0n) is 13.7. The van der Waals surface area contributed by atoms with Gasteiger partial charge in [0.15, 0.2) is 0 Å². The van der Waals surface area contributed by atoms with Gasteiger partial charge in [-0.2, -0.15) is 4.31 Å². The quantitative estimate of drug-likeness (QED) is 0.729. The Hall–Kier alpha value is -0.930. The normalized spacial score (nSPS) is 18.5. The van der Waals surface area contributed by atoms with Gasteiger partial charge in [0.2, 0.25) is 10.0 Å². The third-order valence-corrected chi connectivity index (χ3v) is 8.48. The highest BCUT2D eigenvalue weighted by Gasteiger charge is 2.28. The Bertz CT molecular complexity index is 876. The molecular weight excluding hydrogens is 424 g/mol. The molecule has 0 N–H and O–H groups in total. The summed E-state index contributed by atoms with van der Waals surface area (Å²) in [5.74, 6) is 0. The second-order valence-corrected chi connectivity index (χ2v) is 9.96. The van der Waals surface area contributed by atoms with Crippen molar-refractivity contribution in [3.05, 3.63) is 44.6 Å². The number of fused-ring (bicyclic) bond motifs is 1. The second-order valence-electron chi connectivity index (χ2n) is 6.17. The summed E-state index contributed by atoms with van der Waals surface area (Å²) in [6.45, 7) is 3.55. The Morgan fingerprint density at radius 2 is 1.96 bits per heavy atom. The van der Waals surface area contributed by atoms with E-state index in [-0.39, 0.29) is 0 Å². The number of morpholine rings is 1. The van der Waals surface area contributed by atoms with Crippen molar-refractivity contribution in [1.29, 1.82) is 0 Å². The van der Waals surface area contributed by atoms with Crippen molar-refractivity contribution in [2.75, 3.05) is 37.7 Å². The largest absolute Gasteiger partial charge is 0.379 e. The predicted molar refractivity (Wildman–Crippen MR) is 103 cm³/mol. The molecule has 1 fully saturated rings. The van der Waals surface area contributed by atoms with Crippen molar-refractivity contribution < 1.29 is 13.2 Å². The van der Waals surface area contributed by atoms with E-state index in [1.807, 2.05) is 12.1 Å². The molecule has 1 aromatic heterocycles. The predicted octanol–water partition coefficient (Wildman–Crippen LogP) is 3.09. The summed E-state index contributed by atoms with van der Waals surface area (Å²) in [7, 11) is -3.43. The van der Waals surface area contributed by atoms with Crippen LogP contribution in [0.5, 0.6) is 0 Å². The van der Waals surface area contributed by atoms with E-state index in [1.165, 1.54) is 9.18 Å². The molecule has 4 rings (SSSR count). The Morgan fingerprint density at radius 3 is 2.68 bits per heavy atom. The van der Waals surface area contributed by atoms with Crippen molar-refractivity contribution >= 4 is 43.0 Å². The molecule has 2 aliphatic rings. The molecule has 0 amide bonds. The highest BCUT2D eigenvalue weighted by atomic mass is 79.9. The van der Waals surface area contributed by atoms with Crippen LogP contribution in [0.2, 0.25) is 0 Å². The van der Waals surface area contributed by atoms with Crippen LogP contribution >= 0.6 is 27.3 Å². The number of hydrogen-bond donors (Lipinski definition) is 0. The Labute approximate surface area is 160 Å². The summed E-state index contributed by atoms with van der Waals surface area (Å²) in [5, 5.41) is 2.08. The number of thiophene rings is 1. The summed E-state index contributed by atoms with van der Waals surface area (Å²) >= 11 is 5.32. The molecule has 134 valence electrons. The molecular formula is C17H19BrN2O3S2. The van der Waals surface area contributed by atoms with Gasteiger partial charge >= 0.3 is 0 Å². The number of rotatable bonds is 4. The summed E-state index contributed by atoms with van der Waals surface area (Å²) < 4.78 is 33.6. The molecule has 0 radical (unpaired) electrons. The fourth-order valence-corrected chi connectivity index (χ4v) is 6.27. The topological polar surface area (TPSA) is 49.9 Å². The van der Waals surface area contributed by atoms with Gasteiger partial charge in [-0.25, -0.2) is 8.42 Å². The number of benzene rings is 1. The zero-order chi connectivity index (χ0) is 17.4. The Kier molecular flexibility index (Phi) is 4.89. The number of anilines is 1. The van der Waals surface area contributed by atoms with Crippen molar-refractivity contribution in [2.45, 2.75) is 17.9 Å². The van der Waals surface area contributed by atoms with Crippen molar-refractivity contribution in [3.8, 4) is 0 Å².